The van der Waals surface area contributed by atoms with Crippen molar-refractivity contribution in [1.29, 1.82) is 0 Å². The monoisotopic (exact) mass is 327 g/mol. The number of aromatic nitrogens is 1. The van der Waals surface area contributed by atoms with Crippen molar-refractivity contribution in [3.63, 3.8) is 0 Å². The number of carbonyl (C=O) groups excluding carboxylic acids is 2. The fourth-order valence-corrected chi connectivity index (χ4v) is 2.94. The van der Waals surface area contributed by atoms with Crippen molar-refractivity contribution in [2.45, 2.75) is 40.0 Å². The molecule has 24 heavy (non-hydrogen) atoms. The molecule has 5 nitrogen and oxygen atoms in total. The molecule has 128 valence electrons. The van der Waals surface area contributed by atoms with E-state index >= 15 is 0 Å². The number of ketones is 1. The summed E-state index contributed by atoms with van der Waals surface area (Å²) in [6, 6.07) is 7.61. The molecule has 5 heteroatoms. The zero-order valence-electron chi connectivity index (χ0n) is 14.5. The van der Waals surface area contributed by atoms with Gasteiger partial charge < -0.3 is 16.0 Å². The molecule has 1 heterocycles. The summed E-state index contributed by atoms with van der Waals surface area (Å²) >= 11 is 0. The fourth-order valence-electron chi connectivity index (χ4n) is 2.94. The first kappa shape index (κ1) is 17.8. The molecular formula is C19H25N3O2. The molecule has 1 aromatic heterocycles. The van der Waals surface area contributed by atoms with Gasteiger partial charge in [-0.2, -0.15) is 0 Å². The Labute approximate surface area is 142 Å². The molecule has 0 fully saturated rings. The summed E-state index contributed by atoms with van der Waals surface area (Å²) in [5.41, 5.74) is 10.3. The first-order valence-corrected chi connectivity index (χ1v) is 8.29. The zero-order chi connectivity index (χ0) is 17.7. The number of nitrogens with two attached hydrogens (primary N) is 1. The first-order valence-electron chi connectivity index (χ1n) is 8.29. The molecule has 0 saturated carbocycles. The maximum absolute atomic E-state index is 12.5. The molecule has 0 aliphatic rings. The van der Waals surface area contributed by atoms with Crippen LogP contribution >= 0.6 is 0 Å². The smallest absolute Gasteiger partial charge is 0.268 e. The van der Waals surface area contributed by atoms with E-state index in [1.807, 2.05) is 38.1 Å². The van der Waals surface area contributed by atoms with Gasteiger partial charge in [0, 0.05) is 23.5 Å². The molecule has 0 bridgehead atoms. The van der Waals surface area contributed by atoms with Crippen LogP contribution in [0.15, 0.2) is 24.3 Å². The minimum atomic E-state index is -0.163. The minimum Gasteiger partial charge on any atom is -0.399 e. The second-order valence-electron chi connectivity index (χ2n) is 6.03. The molecule has 4 N–H and O–H groups in total. The maximum atomic E-state index is 12.5. The van der Waals surface area contributed by atoms with Gasteiger partial charge in [-0.15, -0.1) is 0 Å². The number of carbonyl (C=O) groups is 2. The van der Waals surface area contributed by atoms with E-state index < -0.39 is 0 Å². The lowest BCUT2D eigenvalue weighted by Gasteiger charge is -2.07. The summed E-state index contributed by atoms with van der Waals surface area (Å²) in [4.78, 5) is 27.4. The largest absolute Gasteiger partial charge is 0.399 e. The summed E-state index contributed by atoms with van der Waals surface area (Å²) in [5.74, 6) is -0.169. The Morgan fingerprint density at radius 1 is 1.17 bits per heavy atom. The van der Waals surface area contributed by atoms with Crippen LogP contribution in [0.2, 0.25) is 0 Å². The maximum Gasteiger partial charge on any atom is 0.268 e. The van der Waals surface area contributed by atoms with Gasteiger partial charge in [0.05, 0.1) is 0 Å². The SMILES string of the molecule is CCCc1c(C(=O)NCCc2ccc(N)cc2)[nH]c(C)c1C(C)=O. The molecule has 0 unspecified atom stereocenters. The lowest BCUT2D eigenvalue weighted by Crippen LogP contribution is -2.27. The van der Waals surface area contributed by atoms with Gasteiger partial charge in [-0.1, -0.05) is 25.5 Å². The molecule has 0 saturated heterocycles. The van der Waals surface area contributed by atoms with E-state index in [2.05, 4.69) is 10.3 Å². The number of hydrogen-bond donors (Lipinski definition) is 3. The van der Waals surface area contributed by atoms with Gasteiger partial charge in [0.15, 0.2) is 5.78 Å². The van der Waals surface area contributed by atoms with Gasteiger partial charge in [0.1, 0.15) is 5.69 Å². The van der Waals surface area contributed by atoms with Crippen LogP contribution in [0.1, 0.15) is 57.9 Å². The molecule has 0 aliphatic carbocycles. The Morgan fingerprint density at radius 2 is 1.83 bits per heavy atom. The van der Waals surface area contributed by atoms with Crippen LogP contribution in [0, 0.1) is 6.92 Å². The van der Waals surface area contributed by atoms with Gasteiger partial charge in [-0.3, -0.25) is 9.59 Å². The van der Waals surface area contributed by atoms with Crippen LogP contribution in [0.3, 0.4) is 0 Å². The molecule has 0 radical (unpaired) electrons. The third-order valence-electron chi connectivity index (χ3n) is 4.05. The number of nitrogens with one attached hydrogen (secondary N) is 2. The lowest BCUT2D eigenvalue weighted by atomic mass is 10.0. The highest BCUT2D eigenvalue weighted by atomic mass is 16.2. The molecule has 1 aromatic carbocycles. The molecule has 0 atom stereocenters. The van der Waals surface area contributed by atoms with E-state index in [9.17, 15) is 9.59 Å². The second kappa shape index (κ2) is 7.81. The highest BCUT2D eigenvalue weighted by molar-refractivity contribution is 6.02. The van der Waals surface area contributed by atoms with Crippen LogP contribution < -0.4 is 11.1 Å². The van der Waals surface area contributed by atoms with Crippen LogP contribution in [-0.4, -0.2) is 23.2 Å². The summed E-state index contributed by atoms with van der Waals surface area (Å²) in [6.07, 6.45) is 2.32. The number of nitrogen functional groups attached to an aromatic ring is 1. The van der Waals surface area contributed by atoms with Crippen molar-refractivity contribution in [2.75, 3.05) is 12.3 Å². The van der Waals surface area contributed by atoms with Crippen molar-refractivity contribution in [2.24, 2.45) is 0 Å². The van der Waals surface area contributed by atoms with Gasteiger partial charge in [-0.25, -0.2) is 0 Å². The molecule has 0 spiro atoms. The Hall–Kier alpha value is -2.56. The Morgan fingerprint density at radius 3 is 2.42 bits per heavy atom. The van der Waals surface area contributed by atoms with Crippen molar-refractivity contribution in [3.05, 3.63) is 52.3 Å². The predicted octanol–water partition coefficient (Wildman–Crippen LogP) is 3.03. The number of Topliss-reactive ketones (excluding diaryl/α,β-unsaturated/α-hetero) is 1. The zero-order valence-corrected chi connectivity index (χ0v) is 14.5. The number of hydrogen-bond acceptors (Lipinski definition) is 3. The van der Waals surface area contributed by atoms with Gasteiger partial charge in [0.2, 0.25) is 0 Å². The number of H-pyrrole nitrogens is 1. The summed E-state index contributed by atoms with van der Waals surface area (Å²) in [5, 5.41) is 2.93. The number of anilines is 1. The number of benzene rings is 1. The quantitative estimate of drug-likeness (QED) is 0.539. The number of rotatable bonds is 7. The van der Waals surface area contributed by atoms with E-state index in [4.69, 9.17) is 5.73 Å². The molecule has 2 rings (SSSR count). The summed E-state index contributed by atoms with van der Waals surface area (Å²) in [7, 11) is 0. The van der Waals surface area contributed by atoms with Crippen LogP contribution in [0.4, 0.5) is 5.69 Å². The summed E-state index contributed by atoms with van der Waals surface area (Å²) in [6.45, 7) is 5.94. The van der Waals surface area contributed by atoms with Crippen molar-refractivity contribution in [3.8, 4) is 0 Å². The third-order valence-corrected chi connectivity index (χ3v) is 4.05. The average Bonchev–Trinajstić information content (AvgIpc) is 2.86. The number of aryl methyl sites for hydroxylation is 1. The van der Waals surface area contributed by atoms with E-state index in [1.54, 1.807) is 0 Å². The molecule has 0 aliphatic heterocycles. The average molecular weight is 327 g/mol. The Bertz CT molecular complexity index is 730. The van der Waals surface area contributed by atoms with Crippen LogP contribution in [0.25, 0.3) is 0 Å². The third kappa shape index (κ3) is 4.04. The number of amides is 1. The van der Waals surface area contributed by atoms with Gasteiger partial charge >= 0.3 is 0 Å². The normalized spacial score (nSPS) is 10.6. The minimum absolute atomic E-state index is 0.00637. The summed E-state index contributed by atoms with van der Waals surface area (Å²) < 4.78 is 0. The van der Waals surface area contributed by atoms with Gasteiger partial charge in [0.25, 0.3) is 5.91 Å². The Balaban J connectivity index is 2.07. The fraction of sp³-hybridized carbons (Fsp3) is 0.368. The second-order valence-corrected chi connectivity index (χ2v) is 6.03. The lowest BCUT2D eigenvalue weighted by molar-refractivity contribution is 0.0948. The number of aromatic amines is 1. The van der Waals surface area contributed by atoms with E-state index in [0.29, 0.717) is 24.2 Å². The van der Waals surface area contributed by atoms with E-state index in [1.165, 1.54) is 6.92 Å². The molecular weight excluding hydrogens is 302 g/mol. The topological polar surface area (TPSA) is 88.0 Å². The van der Waals surface area contributed by atoms with Crippen molar-refractivity contribution >= 4 is 17.4 Å². The highest BCUT2D eigenvalue weighted by Gasteiger charge is 2.21. The van der Waals surface area contributed by atoms with Crippen molar-refractivity contribution < 1.29 is 9.59 Å². The van der Waals surface area contributed by atoms with E-state index in [0.717, 1.165) is 35.3 Å². The first-order chi connectivity index (χ1) is 11.4. The molecule has 1 amide bonds. The van der Waals surface area contributed by atoms with Crippen LogP contribution in [0.5, 0.6) is 0 Å². The standard InChI is InChI=1S/C19H25N3O2/c1-4-5-16-17(13(3)23)12(2)22-18(16)19(24)21-11-10-14-6-8-15(20)9-7-14/h6-9,22H,4-5,10-11,20H2,1-3H3,(H,21,24). The highest BCUT2D eigenvalue weighted by Crippen LogP contribution is 2.21. The van der Waals surface area contributed by atoms with Crippen LogP contribution in [-0.2, 0) is 12.8 Å². The molecule has 2 aromatic rings. The van der Waals surface area contributed by atoms with Gasteiger partial charge in [-0.05, 0) is 49.9 Å². The Kier molecular flexibility index (Phi) is 5.79. The van der Waals surface area contributed by atoms with Crippen molar-refractivity contribution in [1.82, 2.24) is 10.3 Å². The van der Waals surface area contributed by atoms with E-state index in [-0.39, 0.29) is 11.7 Å². The predicted molar refractivity (Wildman–Crippen MR) is 96.4 cm³/mol.